The molecule has 0 bridgehead atoms. The van der Waals surface area contributed by atoms with Gasteiger partial charge in [-0.05, 0) is 31.7 Å². The Bertz CT molecular complexity index is 201. The molecular weight excluding hydrogens is 230 g/mol. The van der Waals surface area contributed by atoms with Gasteiger partial charge in [0.2, 0.25) is 0 Å². The zero-order valence-corrected chi connectivity index (χ0v) is 11.6. The van der Waals surface area contributed by atoms with Crippen LogP contribution in [0.25, 0.3) is 0 Å². The molecule has 0 heterocycles. The van der Waals surface area contributed by atoms with Gasteiger partial charge in [-0.2, -0.15) is 0 Å². The monoisotopic (exact) mass is 259 g/mol. The Morgan fingerprint density at radius 3 is 2.83 bits per heavy atom. The quantitative estimate of drug-likeness (QED) is 0.546. The van der Waals surface area contributed by atoms with Crippen molar-refractivity contribution in [3.63, 3.8) is 0 Å². The fourth-order valence-corrected chi connectivity index (χ4v) is 2.63. The highest BCUT2D eigenvalue weighted by Crippen LogP contribution is 2.29. The zero-order valence-electron chi connectivity index (χ0n) is 11.6. The van der Waals surface area contributed by atoms with Crippen LogP contribution in [0.15, 0.2) is 0 Å². The van der Waals surface area contributed by atoms with Gasteiger partial charge in [0.1, 0.15) is 0 Å². The Hall–Kier alpha value is -0.160. The van der Waals surface area contributed by atoms with E-state index in [2.05, 4.69) is 12.2 Å². The maximum absolute atomic E-state index is 9.79. The summed E-state index contributed by atoms with van der Waals surface area (Å²) in [6.45, 7) is 4.13. The van der Waals surface area contributed by atoms with E-state index >= 15 is 0 Å². The molecule has 108 valence electrons. The lowest BCUT2D eigenvalue weighted by molar-refractivity contribution is -0.0498. The highest BCUT2D eigenvalue weighted by atomic mass is 16.5. The molecule has 0 aromatic heterocycles. The van der Waals surface area contributed by atoms with Crippen LogP contribution in [-0.2, 0) is 4.74 Å². The Kier molecular flexibility index (Phi) is 8.59. The van der Waals surface area contributed by atoms with Crippen LogP contribution in [0.5, 0.6) is 0 Å². The van der Waals surface area contributed by atoms with Gasteiger partial charge in [-0.1, -0.05) is 26.2 Å². The van der Waals surface area contributed by atoms with E-state index < -0.39 is 6.10 Å². The number of rotatable bonds is 9. The minimum atomic E-state index is -0.442. The minimum Gasteiger partial charge on any atom is -0.396 e. The Morgan fingerprint density at radius 2 is 2.11 bits per heavy atom. The first-order valence-electron chi connectivity index (χ1n) is 7.39. The molecule has 0 spiro atoms. The molecule has 1 fully saturated rings. The van der Waals surface area contributed by atoms with Crippen LogP contribution in [0.3, 0.4) is 0 Å². The first-order chi connectivity index (χ1) is 8.77. The third-order valence-corrected chi connectivity index (χ3v) is 3.76. The molecule has 1 aliphatic carbocycles. The van der Waals surface area contributed by atoms with Crippen molar-refractivity contribution in [2.75, 3.05) is 26.3 Å². The molecule has 3 N–H and O–H groups in total. The number of hydrogen-bond acceptors (Lipinski definition) is 4. The molecule has 1 saturated carbocycles. The van der Waals surface area contributed by atoms with Crippen molar-refractivity contribution < 1.29 is 14.9 Å². The largest absolute Gasteiger partial charge is 0.396 e. The second-order valence-corrected chi connectivity index (χ2v) is 5.26. The average molecular weight is 259 g/mol. The van der Waals surface area contributed by atoms with Crippen molar-refractivity contribution in [1.82, 2.24) is 5.32 Å². The van der Waals surface area contributed by atoms with Gasteiger partial charge in [-0.3, -0.25) is 0 Å². The van der Waals surface area contributed by atoms with Crippen LogP contribution in [0.1, 0.15) is 45.4 Å². The van der Waals surface area contributed by atoms with Crippen LogP contribution in [0.2, 0.25) is 0 Å². The van der Waals surface area contributed by atoms with Crippen LogP contribution in [0, 0.1) is 5.92 Å². The van der Waals surface area contributed by atoms with Crippen molar-refractivity contribution in [3.05, 3.63) is 0 Å². The van der Waals surface area contributed by atoms with E-state index in [4.69, 9.17) is 9.84 Å². The topological polar surface area (TPSA) is 61.7 Å². The molecule has 4 nitrogen and oxygen atoms in total. The first-order valence-corrected chi connectivity index (χ1v) is 7.39. The average Bonchev–Trinajstić information content (AvgIpc) is 2.41. The summed E-state index contributed by atoms with van der Waals surface area (Å²) < 4.78 is 5.87. The smallest absolute Gasteiger partial charge is 0.0897 e. The minimum absolute atomic E-state index is 0.194. The lowest BCUT2D eigenvalue weighted by atomic mass is 9.85. The Labute approximate surface area is 111 Å². The summed E-state index contributed by atoms with van der Waals surface area (Å²) >= 11 is 0. The summed E-state index contributed by atoms with van der Waals surface area (Å²) in [5, 5.41) is 21.5. The van der Waals surface area contributed by atoms with E-state index in [1.807, 2.05) is 0 Å². The predicted molar refractivity (Wildman–Crippen MR) is 72.6 cm³/mol. The molecule has 0 aromatic carbocycles. The van der Waals surface area contributed by atoms with Crippen molar-refractivity contribution in [1.29, 1.82) is 0 Å². The number of hydrogen-bond donors (Lipinski definition) is 3. The highest BCUT2D eigenvalue weighted by molar-refractivity contribution is 4.75. The van der Waals surface area contributed by atoms with Gasteiger partial charge in [-0.15, -0.1) is 0 Å². The van der Waals surface area contributed by atoms with E-state index in [1.54, 1.807) is 0 Å². The third kappa shape index (κ3) is 6.14. The fraction of sp³-hybridized carbons (Fsp3) is 1.00. The summed E-state index contributed by atoms with van der Waals surface area (Å²) in [4.78, 5) is 0. The SMILES string of the molecule is CCC1CCCCC1OCC(O)CNCCCO. The van der Waals surface area contributed by atoms with Gasteiger partial charge >= 0.3 is 0 Å². The van der Waals surface area contributed by atoms with E-state index in [-0.39, 0.29) is 6.61 Å². The molecule has 0 saturated heterocycles. The maximum Gasteiger partial charge on any atom is 0.0897 e. The summed E-state index contributed by atoms with van der Waals surface area (Å²) in [7, 11) is 0. The standard InChI is InChI=1S/C14H29NO3/c1-2-12-6-3-4-7-14(12)18-11-13(17)10-15-8-5-9-16/h12-17H,2-11H2,1H3. The molecule has 3 unspecified atom stereocenters. The molecule has 3 atom stereocenters. The van der Waals surface area contributed by atoms with Crippen LogP contribution < -0.4 is 5.32 Å². The highest BCUT2D eigenvalue weighted by Gasteiger charge is 2.24. The summed E-state index contributed by atoms with van der Waals surface area (Å²) in [6, 6.07) is 0. The van der Waals surface area contributed by atoms with Crippen molar-refractivity contribution in [2.24, 2.45) is 5.92 Å². The molecule has 1 aliphatic rings. The second kappa shape index (κ2) is 9.73. The van der Waals surface area contributed by atoms with E-state index in [1.165, 1.54) is 25.7 Å². The molecule has 0 radical (unpaired) electrons. The van der Waals surface area contributed by atoms with Crippen LogP contribution in [0.4, 0.5) is 0 Å². The molecule has 1 rings (SSSR count). The molecule has 0 aliphatic heterocycles. The van der Waals surface area contributed by atoms with Crippen LogP contribution in [-0.4, -0.2) is 48.7 Å². The molecule has 0 amide bonds. The molecular formula is C14H29NO3. The fourth-order valence-electron chi connectivity index (χ4n) is 2.63. The second-order valence-electron chi connectivity index (χ2n) is 5.26. The van der Waals surface area contributed by atoms with Crippen molar-refractivity contribution in [2.45, 2.75) is 57.7 Å². The van der Waals surface area contributed by atoms with Gasteiger partial charge in [0, 0.05) is 13.2 Å². The summed E-state index contributed by atoms with van der Waals surface area (Å²) in [5.74, 6) is 0.674. The van der Waals surface area contributed by atoms with Crippen molar-refractivity contribution in [3.8, 4) is 0 Å². The van der Waals surface area contributed by atoms with Gasteiger partial charge in [-0.25, -0.2) is 0 Å². The molecule has 4 heteroatoms. The zero-order chi connectivity index (χ0) is 13.2. The number of nitrogens with one attached hydrogen (secondary N) is 1. The lowest BCUT2D eigenvalue weighted by Crippen LogP contribution is -2.35. The first kappa shape index (κ1) is 15.9. The van der Waals surface area contributed by atoms with Crippen molar-refractivity contribution >= 4 is 0 Å². The maximum atomic E-state index is 9.79. The third-order valence-electron chi connectivity index (χ3n) is 3.76. The van der Waals surface area contributed by atoms with Gasteiger partial charge < -0.3 is 20.3 Å². The molecule has 18 heavy (non-hydrogen) atoms. The number of aliphatic hydroxyl groups is 2. The van der Waals surface area contributed by atoms with E-state index in [0.29, 0.717) is 25.2 Å². The van der Waals surface area contributed by atoms with E-state index in [9.17, 15) is 5.11 Å². The van der Waals surface area contributed by atoms with E-state index in [0.717, 1.165) is 19.4 Å². The Morgan fingerprint density at radius 1 is 1.33 bits per heavy atom. The summed E-state index contributed by atoms with van der Waals surface area (Å²) in [6.07, 6.45) is 6.80. The van der Waals surface area contributed by atoms with Crippen LogP contribution >= 0.6 is 0 Å². The van der Waals surface area contributed by atoms with Gasteiger partial charge in [0.15, 0.2) is 0 Å². The normalized spacial score (nSPS) is 26.2. The van der Waals surface area contributed by atoms with Gasteiger partial charge in [0.05, 0.1) is 18.8 Å². The predicted octanol–water partition coefficient (Wildman–Crippen LogP) is 1.30. The van der Waals surface area contributed by atoms with Gasteiger partial charge in [0.25, 0.3) is 0 Å². The summed E-state index contributed by atoms with van der Waals surface area (Å²) in [5.41, 5.74) is 0. The number of aliphatic hydroxyl groups excluding tert-OH is 2. The lowest BCUT2D eigenvalue weighted by Gasteiger charge is -2.31. The Balaban J connectivity index is 2.10. The molecule has 0 aromatic rings. The number of ether oxygens (including phenoxy) is 1.